The van der Waals surface area contributed by atoms with E-state index in [1.807, 2.05) is 0 Å². The molecule has 0 saturated carbocycles. The van der Waals surface area contributed by atoms with E-state index < -0.39 is 38.0 Å². The average molecular weight is 433 g/mol. The molecule has 3 rings (SSSR count). The van der Waals surface area contributed by atoms with Crippen molar-refractivity contribution in [3.8, 4) is 5.75 Å². The molecule has 0 saturated heterocycles. The summed E-state index contributed by atoms with van der Waals surface area (Å²) in [5, 5.41) is 0. The van der Waals surface area contributed by atoms with Crippen LogP contribution in [0, 0.1) is 5.82 Å². The number of ether oxygens (including phenoxy) is 1. The van der Waals surface area contributed by atoms with E-state index in [0.717, 1.165) is 10.8 Å². The third-order valence-corrected chi connectivity index (χ3v) is 5.90. The highest BCUT2D eigenvalue weighted by Crippen LogP contribution is 2.20. The van der Waals surface area contributed by atoms with Crippen LogP contribution < -0.4 is 20.7 Å². The van der Waals surface area contributed by atoms with Crippen LogP contribution in [0.3, 0.4) is 0 Å². The fourth-order valence-electron chi connectivity index (χ4n) is 2.83. The molecule has 1 heterocycles. The number of halogens is 1. The lowest BCUT2D eigenvalue weighted by Crippen LogP contribution is -2.42. The highest BCUT2D eigenvalue weighted by molar-refractivity contribution is 7.89. The van der Waals surface area contributed by atoms with E-state index in [0.29, 0.717) is 10.1 Å². The van der Waals surface area contributed by atoms with Crippen molar-refractivity contribution in [1.29, 1.82) is 0 Å². The molecule has 0 bridgehead atoms. The monoisotopic (exact) mass is 433 g/mol. The molecule has 3 aromatic rings. The molecular formula is C20H20FN3O5S. The summed E-state index contributed by atoms with van der Waals surface area (Å²) in [4.78, 5) is 23.7. The number of nitrogens with one attached hydrogen (secondary N) is 1. The minimum absolute atomic E-state index is 0.0318. The highest BCUT2D eigenvalue weighted by Gasteiger charge is 2.26. The predicted octanol–water partition coefficient (Wildman–Crippen LogP) is 1.32. The lowest BCUT2D eigenvalue weighted by molar-refractivity contribution is 0.269. The van der Waals surface area contributed by atoms with E-state index in [-0.39, 0.29) is 12.4 Å². The molecule has 1 atom stereocenters. The Kier molecular flexibility index (Phi) is 6.18. The van der Waals surface area contributed by atoms with Crippen molar-refractivity contribution in [2.75, 3.05) is 6.61 Å². The molecule has 10 heteroatoms. The minimum atomic E-state index is -4.33. The van der Waals surface area contributed by atoms with Gasteiger partial charge in [-0.05, 0) is 17.7 Å². The van der Waals surface area contributed by atoms with Crippen molar-refractivity contribution in [3.05, 3.63) is 93.0 Å². The molecule has 0 aliphatic heterocycles. The van der Waals surface area contributed by atoms with Crippen LogP contribution in [-0.2, 0) is 24.1 Å². The molecule has 0 fully saturated rings. The molecule has 1 aromatic heterocycles. The molecule has 0 radical (unpaired) electrons. The zero-order valence-corrected chi connectivity index (χ0v) is 17.1. The van der Waals surface area contributed by atoms with E-state index in [1.54, 1.807) is 36.4 Å². The number of rotatable bonds is 7. The van der Waals surface area contributed by atoms with Gasteiger partial charge in [-0.25, -0.2) is 17.6 Å². The summed E-state index contributed by atoms with van der Waals surface area (Å²) in [5.41, 5.74) is -1.05. The van der Waals surface area contributed by atoms with E-state index in [4.69, 9.17) is 4.74 Å². The SMILES string of the molecule is Cn1cc(S(=O)(=O)N[C@@H](COc2ccccc2F)c2ccccc2)c(=O)n(C)c1=O. The predicted molar refractivity (Wildman–Crippen MR) is 108 cm³/mol. The number of sulfonamides is 1. The van der Waals surface area contributed by atoms with Gasteiger partial charge in [0.15, 0.2) is 16.5 Å². The number of hydrogen-bond donors (Lipinski definition) is 1. The van der Waals surface area contributed by atoms with Crippen molar-refractivity contribution in [3.63, 3.8) is 0 Å². The second kappa shape index (κ2) is 8.64. The summed E-state index contributed by atoms with van der Waals surface area (Å²) in [6.07, 6.45) is 0.965. The standard InChI is InChI=1S/C20H20FN3O5S/c1-23-12-18(19(25)24(2)20(23)26)30(27,28)22-16(14-8-4-3-5-9-14)13-29-17-11-7-6-10-15(17)21/h3-12,16,22H,13H2,1-2H3/t16-/m0/s1. The van der Waals surface area contributed by atoms with Gasteiger partial charge in [0.2, 0.25) is 10.0 Å². The Bertz CT molecular complexity index is 1270. The van der Waals surface area contributed by atoms with Gasteiger partial charge in [0.05, 0.1) is 6.04 Å². The Labute approximate surface area is 172 Å². The van der Waals surface area contributed by atoms with Crippen LogP contribution in [0.15, 0.2) is 75.3 Å². The third kappa shape index (κ3) is 4.50. The number of aromatic nitrogens is 2. The number of hydrogen-bond acceptors (Lipinski definition) is 5. The lowest BCUT2D eigenvalue weighted by Gasteiger charge is -2.20. The summed E-state index contributed by atoms with van der Waals surface area (Å²) in [6, 6.07) is 13.4. The number of para-hydroxylation sites is 1. The molecular weight excluding hydrogens is 413 g/mol. The molecule has 0 amide bonds. The quantitative estimate of drug-likeness (QED) is 0.606. The molecule has 8 nitrogen and oxygen atoms in total. The van der Waals surface area contributed by atoms with E-state index in [9.17, 15) is 22.4 Å². The van der Waals surface area contributed by atoms with E-state index >= 15 is 0 Å². The number of nitrogens with zero attached hydrogens (tertiary/aromatic N) is 2. The Morgan fingerprint density at radius 2 is 1.67 bits per heavy atom. The van der Waals surface area contributed by atoms with Crippen molar-refractivity contribution >= 4 is 10.0 Å². The lowest BCUT2D eigenvalue weighted by atomic mass is 10.1. The normalized spacial score (nSPS) is 12.5. The van der Waals surface area contributed by atoms with E-state index in [1.165, 1.54) is 32.3 Å². The van der Waals surface area contributed by atoms with E-state index in [2.05, 4.69) is 4.72 Å². The van der Waals surface area contributed by atoms with Gasteiger partial charge in [0, 0.05) is 20.3 Å². The molecule has 2 aromatic carbocycles. The number of aryl methyl sites for hydroxylation is 1. The Balaban J connectivity index is 1.96. The molecule has 0 aliphatic carbocycles. The molecule has 0 spiro atoms. The summed E-state index contributed by atoms with van der Waals surface area (Å²) in [5.74, 6) is -0.616. The Morgan fingerprint density at radius 3 is 2.33 bits per heavy atom. The van der Waals surface area contributed by atoms with Gasteiger partial charge in [-0.2, -0.15) is 4.72 Å². The summed E-state index contributed by atoms with van der Waals surface area (Å²) in [7, 11) is -1.79. The van der Waals surface area contributed by atoms with Gasteiger partial charge in [0.1, 0.15) is 6.61 Å². The molecule has 30 heavy (non-hydrogen) atoms. The van der Waals surface area contributed by atoms with Crippen LogP contribution in [0.2, 0.25) is 0 Å². The fourth-order valence-corrected chi connectivity index (χ4v) is 4.20. The maximum absolute atomic E-state index is 13.9. The van der Waals surface area contributed by atoms with Gasteiger partial charge in [-0.3, -0.25) is 9.36 Å². The maximum Gasteiger partial charge on any atom is 0.330 e. The van der Waals surface area contributed by atoms with Crippen molar-refractivity contribution in [2.45, 2.75) is 10.9 Å². The topological polar surface area (TPSA) is 99.4 Å². The molecule has 0 aliphatic rings. The maximum atomic E-state index is 13.9. The first kappa shape index (κ1) is 21.5. The Morgan fingerprint density at radius 1 is 1.03 bits per heavy atom. The second-order valence-electron chi connectivity index (χ2n) is 6.58. The zero-order chi connectivity index (χ0) is 21.9. The molecule has 1 N–H and O–H groups in total. The summed E-state index contributed by atoms with van der Waals surface area (Å²) in [6.45, 7) is -0.226. The van der Waals surface area contributed by atoms with Crippen LogP contribution in [0.25, 0.3) is 0 Å². The van der Waals surface area contributed by atoms with Crippen LogP contribution in [0.4, 0.5) is 4.39 Å². The van der Waals surface area contributed by atoms with Gasteiger partial charge in [-0.1, -0.05) is 42.5 Å². The first-order valence-corrected chi connectivity index (χ1v) is 10.4. The van der Waals surface area contributed by atoms with Crippen LogP contribution in [0.1, 0.15) is 11.6 Å². The molecule has 0 unspecified atom stereocenters. The van der Waals surface area contributed by atoms with Gasteiger partial charge in [-0.15, -0.1) is 0 Å². The molecule has 158 valence electrons. The minimum Gasteiger partial charge on any atom is -0.488 e. The van der Waals surface area contributed by atoms with Gasteiger partial charge in [0.25, 0.3) is 5.56 Å². The highest BCUT2D eigenvalue weighted by atomic mass is 32.2. The van der Waals surface area contributed by atoms with Crippen LogP contribution in [-0.4, -0.2) is 24.2 Å². The fraction of sp³-hybridized carbons (Fsp3) is 0.200. The summed E-state index contributed by atoms with van der Waals surface area (Å²) < 4.78 is 49.4. The first-order chi connectivity index (χ1) is 14.2. The largest absolute Gasteiger partial charge is 0.488 e. The number of benzene rings is 2. The van der Waals surface area contributed by atoms with Gasteiger partial charge >= 0.3 is 5.69 Å². The van der Waals surface area contributed by atoms with Gasteiger partial charge < -0.3 is 9.30 Å². The van der Waals surface area contributed by atoms with Crippen LogP contribution >= 0.6 is 0 Å². The van der Waals surface area contributed by atoms with Crippen molar-refractivity contribution < 1.29 is 17.5 Å². The zero-order valence-electron chi connectivity index (χ0n) is 16.3. The van der Waals surface area contributed by atoms with Crippen LogP contribution in [0.5, 0.6) is 5.75 Å². The Hall–Kier alpha value is -3.24. The first-order valence-electron chi connectivity index (χ1n) is 8.92. The van der Waals surface area contributed by atoms with Crippen molar-refractivity contribution in [1.82, 2.24) is 13.9 Å². The second-order valence-corrected chi connectivity index (χ2v) is 8.26. The van der Waals surface area contributed by atoms with Crippen molar-refractivity contribution in [2.24, 2.45) is 14.1 Å². The third-order valence-electron chi connectivity index (χ3n) is 4.45. The smallest absolute Gasteiger partial charge is 0.330 e. The average Bonchev–Trinajstić information content (AvgIpc) is 2.73. The summed E-state index contributed by atoms with van der Waals surface area (Å²) >= 11 is 0.